The third-order valence-electron chi connectivity index (χ3n) is 3.75. The predicted octanol–water partition coefficient (Wildman–Crippen LogP) is 2.12. The molecular formula is C15H19N3O. The van der Waals surface area contributed by atoms with Crippen molar-refractivity contribution in [1.29, 1.82) is 0 Å². The van der Waals surface area contributed by atoms with Gasteiger partial charge in [0.1, 0.15) is 5.82 Å². The molecule has 19 heavy (non-hydrogen) atoms. The number of aromatic nitrogens is 2. The first-order valence-corrected chi connectivity index (χ1v) is 6.68. The molecule has 0 fully saturated rings. The molecule has 0 radical (unpaired) electrons. The number of hydrogen-bond donors (Lipinski definition) is 1. The Labute approximate surface area is 113 Å². The molecular weight excluding hydrogens is 238 g/mol. The normalized spacial score (nSPS) is 20.0. The van der Waals surface area contributed by atoms with E-state index in [1.54, 1.807) is 6.20 Å². The van der Waals surface area contributed by atoms with E-state index in [1.807, 2.05) is 17.8 Å². The summed E-state index contributed by atoms with van der Waals surface area (Å²) in [6.07, 6.45) is 5.54. The summed E-state index contributed by atoms with van der Waals surface area (Å²) < 4.78 is 7.87. The maximum absolute atomic E-state index is 6.26. The van der Waals surface area contributed by atoms with E-state index in [-0.39, 0.29) is 12.1 Å². The van der Waals surface area contributed by atoms with Gasteiger partial charge in [-0.25, -0.2) is 4.98 Å². The summed E-state index contributed by atoms with van der Waals surface area (Å²) in [5, 5.41) is 0. The first kappa shape index (κ1) is 12.4. The highest BCUT2D eigenvalue weighted by Crippen LogP contribution is 2.32. The number of nitrogens with zero attached hydrogens (tertiary/aromatic N) is 2. The molecule has 2 heterocycles. The highest BCUT2D eigenvalue weighted by Gasteiger charge is 2.24. The van der Waals surface area contributed by atoms with Gasteiger partial charge >= 0.3 is 0 Å². The van der Waals surface area contributed by atoms with Gasteiger partial charge in [-0.05, 0) is 17.5 Å². The topological polar surface area (TPSA) is 53.1 Å². The first-order chi connectivity index (χ1) is 9.25. The van der Waals surface area contributed by atoms with Crippen molar-refractivity contribution in [2.75, 3.05) is 6.61 Å². The zero-order valence-electron chi connectivity index (χ0n) is 11.1. The highest BCUT2D eigenvalue weighted by atomic mass is 16.5. The molecule has 1 aliphatic rings. The maximum Gasteiger partial charge on any atom is 0.125 e. The lowest BCUT2D eigenvalue weighted by molar-refractivity contribution is 0.0313. The number of hydrogen-bond acceptors (Lipinski definition) is 3. The Bertz CT molecular complexity index is 564. The van der Waals surface area contributed by atoms with E-state index in [1.165, 1.54) is 11.1 Å². The SMILES string of the molecule is Cn1ccnc1C(N)CC1OCCc2ccccc21. The van der Waals surface area contributed by atoms with E-state index in [4.69, 9.17) is 10.5 Å². The molecule has 4 heteroatoms. The number of ether oxygens (including phenoxy) is 1. The molecule has 3 rings (SSSR count). The molecule has 2 N–H and O–H groups in total. The van der Waals surface area contributed by atoms with Gasteiger partial charge in [-0.2, -0.15) is 0 Å². The quantitative estimate of drug-likeness (QED) is 0.916. The number of imidazole rings is 1. The summed E-state index contributed by atoms with van der Waals surface area (Å²) in [6, 6.07) is 8.37. The van der Waals surface area contributed by atoms with Crippen molar-refractivity contribution >= 4 is 0 Å². The zero-order valence-corrected chi connectivity index (χ0v) is 11.1. The predicted molar refractivity (Wildman–Crippen MR) is 73.6 cm³/mol. The molecule has 0 amide bonds. The molecule has 1 aliphatic heterocycles. The number of fused-ring (bicyclic) bond motifs is 1. The fourth-order valence-electron chi connectivity index (χ4n) is 2.74. The van der Waals surface area contributed by atoms with Crippen LogP contribution >= 0.6 is 0 Å². The van der Waals surface area contributed by atoms with Gasteiger partial charge in [0, 0.05) is 25.9 Å². The van der Waals surface area contributed by atoms with Gasteiger partial charge in [-0.15, -0.1) is 0 Å². The van der Waals surface area contributed by atoms with E-state index in [0.717, 1.165) is 25.3 Å². The molecule has 2 unspecified atom stereocenters. The molecule has 0 bridgehead atoms. The fourth-order valence-corrected chi connectivity index (χ4v) is 2.74. The summed E-state index contributed by atoms with van der Waals surface area (Å²) in [7, 11) is 1.97. The second kappa shape index (κ2) is 5.15. The van der Waals surface area contributed by atoms with E-state index in [2.05, 4.69) is 29.2 Å². The monoisotopic (exact) mass is 257 g/mol. The van der Waals surface area contributed by atoms with Crippen LogP contribution in [0.25, 0.3) is 0 Å². The van der Waals surface area contributed by atoms with Crippen molar-refractivity contribution in [3.05, 3.63) is 53.6 Å². The smallest absolute Gasteiger partial charge is 0.125 e. The molecule has 4 nitrogen and oxygen atoms in total. The molecule has 2 atom stereocenters. The molecule has 0 aliphatic carbocycles. The van der Waals surface area contributed by atoms with E-state index < -0.39 is 0 Å². The van der Waals surface area contributed by atoms with Crippen LogP contribution < -0.4 is 5.73 Å². The van der Waals surface area contributed by atoms with Crippen LogP contribution in [0.4, 0.5) is 0 Å². The van der Waals surface area contributed by atoms with E-state index in [0.29, 0.717) is 0 Å². The molecule has 100 valence electrons. The van der Waals surface area contributed by atoms with Crippen LogP contribution in [0.5, 0.6) is 0 Å². The fraction of sp³-hybridized carbons (Fsp3) is 0.400. The lowest BCUT2D eigenvalue weighted by Gasteiger charge is -2.28. The number of benzene rings is 1. The van der Waals surface area contributed by atoms with Crippen LogP contribution in [0.15, 0.2) is 36.7 Å². The van der Waals surface area contributed by atoms with Crippen molar-refractivity contribution in [2.45, 2.75) is 25.0 Å². The Kier molecular flexibility index (Phi) is 3.36. The Hall–Kier alpha value is -1.65. The largest absolute Gasteiger partial charge is 0.373 e. The van der Waals surface area contributed by atoms with Gasteiger partial charge in [-0.3, -0.25) is 0 Å². The van der Waals surface area contributed by atoms with Gasteiger partial charge in [0.15, 0.2) is 0 Å². The number of rotatable bonds is 3. The molecule has 2 aromatic rings. The van der Waals surface area contributed by atoms with Crippen LogP contribution in [0.1, 0.15) is 35.5 Å². The van der Waals surface area contributed by atoms with Crippen molar-refractivity contribution in [1.82, 2.24) is 9.55 Å². The maximum atomic E-state index is 6.26. The minimum absolute atomic E-state index is 0.0802. The Morgan fingerprint density at radius 3 is 3.11 bits per heavy atom. The minimum atomic E-state index is -0.101. The standard InChI is InChI=1S/C15H19N3O/c1-18-8-7-17-15(18)13(16)10-14-12-5-3-2-4-11(12)6-9-19-14/h2-5,7-8,13-14H,6,9-10,16H2,1H3. The minimum Gasteiger partial charge on any atom is -0.373 e. The second-order valence-electron chi connectivity index (χ2n) is 5.05. The average molecular weight is 257 g/mol. The van der Waals surface area contributed by atoms with E-state index in [9.17, 15) is 0 Å². The van der Waals surface area contributed by atoms with Crippen molar-refractivity contribution < 1.29 is 4.74 Å². The van der Waals surface area contributed by atoms with E-state index >= 15 is 0 Å². The van der Waals surface area contributed by atoms with Crippen LogP contribution in [-0.2, 0) is 18.2 Å². The van der Waals surface area contributed by atoms with Crippen LogP contribution in [0.2, 0.25) is 0 Å². The lowest BCUT2D eigenvalue weighted by Crippen LogP contribution is -2.23. The first-order valence-electron chi connectivity index (χ1n) is 6.68. The second-order valence-corrected chi connectivity index (χ2v) is 5.05. The Balaban J connectivity index is 1.80. The highest BCUT2D eigenvalue weighted by molar-refractivity contribution is 5.31. The Morgan fingerprint density at radius 2 is 2.32 bits per heavy atom. The number of aryl methyl sites for hydroxylation is 1. The summed E-state index contributed by atoms with van der Waals surface area (Å²) in [4.78, 5) is 4.32. The van der Waals surface area contributed by atoms with Crippen LogP contribution in [0, 0.1) is 0 Å². The lowest BCUT2D eigenvalue weighted by atomic mass is 9.93. The molecule has 0 saturated heterocycles. The van der Waals surface area contributed by atoms with Gasteiger partial charge in [0.2, 0.25) is 0 Å². The van der Waals surface area contributed by atoms with Gasteiger partial charge in [-0.1, -0.05) is 24.3 Å². The third-order valence-corrected chi connectivity index (χ3v) is 3.75. The third kappa shape index (κ3) is 2.41. The number of nitrogens with two attached hydrogens (primary N) is 1. The Morgan fingerprint density at radius 1 is 1.47 bits per heavy atom. The van der Waals surface area contributed by atoms with Crippen molar-refractivity contribution in [3.63, 3.8) is 0 Å². The van der Waals surface area contributed by atoms with Gasteiger partial charge in [0.05, 0.1) is 18.8 Å². The van der Waals surface area contributed by atoms with Crippen LogP contribution in [0.3, 0.4) is 0 Å². The van der Waals surface area contributed by atoms with Crippen LogP contribution in [-0.4, -0.2) is 16.2 Å². The summed E-state index contributed by atoms with van der Waals surface area (Å²) in [5.41, 5.74) is 8.92. The molecule has 0 spiro atoms. The summed E-state index contributed by atoms with van der Waals surface area (Å²) in [6.45, 7) is 0.773. The average Bonchev–Trinajstić information content (AvgIpc) is 2.85. The van der Waals surface area contributed by atoms with Crippen molar-refractivity contribution in [3.8, 4) is 0 Å². The summed E-state index contributed by atoms with van der Waals surface area (Å²) >= 11 is 0. The van der Waals surface area contributed by atoms with Gasteiger partial charge in [0.25, 0.3) is 0 Å². The molecule has 0 saturated carbocycles. The summed E-state index contributed by atoms with van der Waals surface area (Å²) in [5.74, 6) is 0.909. The zero-order chi connectivity index (χ0) is 13.2. The molecule has 1 aromatic heterocycles. The van der Waals surface area contributed by atoms with Gasteiger partial charge < -0.3 is 15.0 Å². The van der Waals surface area contributed by atoms with Crippen molar-refractivity contribution in [2.24, 2.45) is 12.8 Å². The molecule has 1 aromatic carbocycles.